The Balaban J connectivity index is 2.34. The molecule has 0 aromatic heterocycles. The van der Waals surface area contributed by atoms with E-state index in [2.05, 4.69) is 0 Å². The zero-order chi connectivity index (χ0) is 11.5. The molecule has 1 heterocycles. The summed E-state index contributed by atoms with van der Waals surface area (Å²) in [6.45, 7) is 2.80. The molecule has 0 unspecified atom stereocenters. The summed E-state index contributed by atoms with van der Waals surface area (Å²) in [4.78, 5) is 13.9. The Morgan fingerprint density at radius 1 is 1.25 bits per heavy atom. The second-order valence-electron chi connectivity index (χ2n) is 4.35. The quantitative estimate of drug-likeness (QED) is 0.736. The number of nitrogens with two attached hydrogens (primary N) is 1. The lowest BCUT2D eigenvalue weighted by molar-refractivity contribution is -0.118. The van der Waals surface area contributed by atoms with Gasteiger partial charge in [0, 0.05) is 24.3 Å². The Morgan fingerprint density at radius 2 is 2.06 bits per heavy atom. The van der Waals surface area contributed by atoms with Gasteiger partial charge in [-0.1, -0.05) is 12.5 Å². The number of carbonyl (C=O) groups excluding carboxylic acids is 1. The second-order valence-corrected chi connectivity index (χ2v) is 4.35. The van der Waals surface area contributed by atoms with Crippen LogP contribution < -0.4 is 10.6 Å². The van der Waals surface area contributed by atoms with Crippen LogP contribution >= 0.6 is 0 Å². The van der Waals surface area contributed by atoms with Gasteiger partial charge in [-0.05, 0) is 37.5 Å². The zero-order valence-electron chi connectivity index (χ0n) is 9.70. The molecule has 1 aliphatic rings. The molecule has 1 aliphatic heterocycles. The number of amides is 1. The molecule has 2 N–H and O–H groups in total. The maximum Gasteiger partial charge on any atom is 0.226 e. The average molecular weight is 218 g/mol. The number of benzene rings is 1. The third-order valence-electron chi connectivity index (χ3n) is 3.21. The molecule has 0 spiro atoms. The van der Waals surface area contributed by atoms with Gasteiger partial charge in [0.05, 0.1) is 0 Å². The third-order valence-corrected chi connectivity index (χ3v) is 3.21. The molecule has 2 rings (SSSR count). The van der Waals surface area contributed by atoms with Gasteiger partial charge < -0.3 is 10.6 Å². The molecule has 3 heteroatoms. The summed E-state index contributed by atoms with van der Waals surface area (Å²) >= 11 is 0. The highest BCUT2D eigenvalue weighted by Crippen LogP contribution is 2.27. The van der Waals surface area contributed by atoms with E-state index in [1.54, 1.807) is 0 Å². The van der Waals surface area contributed by atoms with Crippen LogP contribution in [0.2, 0.25) is 0 Å². The molecule has 0 saturated carbocycles. The van der Waals surface area contributed by atoms with Gasteiger partial charge in [-0.15, -0.1) is 0 Å². The van der Waals surface area contributed by atoms with Crippen molar-refractivity contribution in [2.45, 2.75) is 32.6 Å². The van der Waals surface area contributed by atoms with E-state index in [0.717, 1.165) is 42.7 Å². The molecule has 1 aromatic carbocycles. The summed E-state index contributed by atoms with van der Waals surface area (Å²) in [6, 6.07) is 5.77. The largest absolute Gasteiger partial charge is 0.398 e. The van der Waals surface area contributed by atoms with Crippen molar-refractivity contribution in [2.75, 3.05) is 17.2 Å². The monoisotopic (exact) mass is 218 g/mol. The van der Waals surface area contributed by atoms with Gasteiger partial charge in [0.2, 0.25) is 5.91 Å². The third kappa shape index (κ3) is 2.03. The standard InChI is InChI=1S/C13H18N2O/c1-10-11(14)6-5-7-12(10)15-9-4-2-3-8-13(15)16/h5-7H,2-4,8-9,14H2,1H3. The molecular weight excluding hydrogens is 200 g/mol. The SMILES string of the molecule is Cc1c(N)cccc1N1CCCCCC1=O. The first-order valence-corrected chi connectivity index (χ1v) is 5.85. The van der Waals surface area contributed by atoms with Crippen molar-refractivity contribution >= 4 is 17.3 Å². The molecule has 0 radical (unpaired) electrons. The van der Waals surface area contributed by atoms with Crippen LogP contribution in [0, 0.1) is 6.92 Å². The van der Waals surface area contributed by atoms with Crippen LogP contribution in [0.5, 0.6) is 0 Å². The number of nitrogen functional groups attached to an aromatic ring is 1. The number of hydrogen-bond acceptors (Lipinski definition) is 2. The van der Waals surface area contributed by atoms with Crippen molar-refractivity contribution < 1.29 is 4.79 Å². The summed E-state index contributed by atoms with van der Waals surface area (Å²) < 4.78 is 0. The minimum atomic E-state index is 0.228. The van der Waals surface area contributed by atoms with Crippen LogP contribution in [0.1, 0.15) is 31.2 Å². The number of nitrogens with zero attached hydrogens (tertiary/aromatic N) is 1. The van der Waals surface area contributed by atoms with Crippen molar-refractivity contribution in [1.29, 1.82) is 0 Å². The van der Waals surface area contributed by atoms with E-state index in [4.69, 9.17) is 5.73 Å². The van der Waals surface area contributed by atoms with E-state index in [0.29, 0.717) is 6.42 Å². The van der Waals surface area contributed by atoms with E-state index in [-0.39, 0.29) is 5.91 Å². The summed E-state index contributed by atoms with van der Waals surface area (Å²) in [5, 5.41) is 0. The second kappa shape index (κ2) is 4.56. The molecule has 1 amide bonds. The van der Waals surface area contributed by atoms with Crippen molar-refractivity contribution in [1.82, 2.24) is 0 Å². The maximum atomic E-state index is 12.0. The lowest BCUT2D eigenvalue weighted by Gasteiger charge is -2.23. The summed E-state index contributed by atoms with van der Waals surface area (Å²) in [5.74, 6) is 0.228. The lowest BCUT2D eigenvalue weighted by Crippen LogP contribution is -2.30. The Labute approximate surface area is 96.2 Å². The Kier molecular flexibility index (Phi) is 3.13. The molecule has 86 valence electrons. The van der Waals surface area contributed by atoms with Crippen LogP contribution in [0.3, 0.4) is 0 Å². The van der Waals surface area contributed by atoms with Gasteiger partial charge in [0.25, 0.3) is 0 Å². The fourth-order valence-corrected chi connectivity index (χ4v) is 2.17. The van der Waals surface area contributed by atoms with Gasteiger partial charge >= 0.3 is 0 Å². The number of rotatable bonds is 1. The van der Waals surface area contributed by atoms with Gasteiger partial charge in [0.15, 0.2) is 0 Å². The Morgan fingerprint density at radius 3 is 2.88 bits per heavy atom. The molecule has 16 heavy (non-hydrogen) atoms. The number of anilines is 2. The summed E-state index contributed by atoms with van der Waals surface area (Å²) in [6.07, 6.45) is 3.90. The van der Waals surface area contributed by atoms with Gasteiger partial charge in [-0.3, -0.25) is 4.79 Å². The van der Waals surface area contributed by atoms with Crippen molar-refractivity contribution in [3.8, 4) is 0 Å². The van der Waals surface area contributed by atoms with Crippen molar-refractivity contribution in [3.63, 3.8) is 0 Å². The normalized spacial score (nSPS) is 17.3. The predicted octanol–water partition coefficient (Wildman–Crippen LogP) is 2.48. The fourth-order valence-electron chi connectivity index (χ4n) is 2.17. The Bertz CT molecular complexity index is 401. The molecular formula is C13H18N2O. The molecule has 1 aromatic rings. The van der Waals surface area contributed by atoms with Crippen LogP contribution in [0.4, 0.5) is 11.4 Å². The molecule has 1 fully saturated rings. The van der Waals surface area contributed by atoms with E-state index < -0.39 is 0 Å². The van der Waals surface area contributed by atoms with Gasteiger partial charge in [-0.25, -0.2) is 0 Å². The molecule has 0 atom stereocenters. The minimum absolute atomic E-state index is 0.228. The predicted molar refractivity (Wildman–Crippen MR) is 66.4 cm³/mol. The minimum Gasteiger partial charge on any atom is -0.398 e. The number of hydrogen-bond donors (Lipinski definition) is 1. The molecule has 1 saturated heterocycles. The van der Waals surface area contributed by atoms with Crippen molar-refractivity contribution in [2.24, 2.45) is 0 Å². The zero-order valence-corrected chi connectivity index (χ0v) is 9.70. The number of carbonyl (C=O) groups is 1. The lowest BCUT2D eigenvalue weighted by atomic mass is 10.1. The van der Waals surface area contributed by atoms with Crippen LogP contribution in [-0.2, 0) is 4.79 Å². The highest BCUT2D eigenvalue weighted by Gasteiger charge is 2.19. The van der Waals surface area contributed by atoms with Gasteiger partial charge in [-0.2, -0.15) is 0 Å². The molecule has 0 bridgehead atoms. The van der Waals surface area contributed by atoms with Crippen LogP contribution in [0.15, 0.2) is 18.2 Å². The maximum absolute atomic E-state index is 12.0. The van der Waals surface area contributed by atoms with Crippen LogP contribution in [-0.4, -0.2) is 12.5 Å². The Hall–Kier alpha value is -1.51. The van der Waals surface area contributed by atoms with E-state index in [1.165, 1.54) is 0 Å². The molecule has 3 nitrogen and oxygen atoms in total. The van der Waals surface area contributed by atoms with E-state index in [1.807, 2.05) is 30.0 Å². The smallest absolute Gasteiger partial charge is 0.226 e. The van der Waals surface area contributed by atoms with E-state index >= 15 is 0 Å². The first kappa shape index (κ1) is 11.0. The average Bonchev–Trinajstić information content (AvgIpc) is 2.47. The fraction of sp³-hybridized carbons (Fsp3) is 0.462. The summed E-state index contributed by atoms with van der Waals surface area (Å²) in [5.41, 5.74) is 8.62. The highest BCUT2D eigenvalue weighted by molar-refractivity contribution is 5.95. The van der Waals surface area contributed by atoms with Crippen molar-refractivity contribution in [3.05, 3.63) is 23.8 Å². The summed E-state index contributed by atoms with van der Waals surface area (Å²) in [7, 11) is 0. The molecule has 0 aliphatic carbocycles. The highest BCUT2D eigenvalue weighted by atomic mass is 16.2. The topological polar surface area (TPSA) is 46.3 Å². The van der Waals surface area contributed by atoms with Crippen LogP contribution in [0.25, 0.3) is 0 Å². The first-order chi connectivity index (χ1) is 7.70. The van der Waals surface area contributed by atoms with Gasteiger partial charge in [0.1, 0.15) is 0 Å². The first-order valence-electron chi connectivity index (χ1n) is 5.85. The van der Waals surface area contributed by atoms with E-state index in [9.17, 15) is 4.79 Å².